The number of carboxylic acids is 1. The van der Waals surface area contributed by atoms with Crippen LogP contribution in [0.5, 0.6) is 0 Å². The Kier molecular flexibility index (Phi) is 4.73. The van der Waals surface area contributed by atoms with Crippen LogP contribution in [0.25, 0.3) is 17.2 Å². The summed E-state index contributed by atoms with van der Waals surface area (Å²) < 4.78 is 50.6. The molecule has 27 heavy (non-hydrogen) atoms. The number of hydrogen-bond acceptors (Lipinski definition) is 3. The van der Waals surface area contributed by atoms with Gasteiger partial charge in [-0.05, 0) is 70.7 Å². The molecule has 0 amide bonds. The molecule has 2 aromatic rings. The standard InChI is InChI=1S/C20H16F2O4S/c1-11-14(7-12-3-5-13(6-4-12)27(2,25)26)16-8-18(21)19(22)9-17(16)15(11)10-20(23)24/h3-9H,10H2,1-2H3,(H,23,24)/b14-7+. The van der Waals surface area contributed by atoms with Crippen molar-refractivity contribution in [2.45, 2.75) is 18.2 Å². The smallest absolute Gasteiger partial charge is 0.307 e. The van der Waals surface area contributed by atoms with Gasteiger partial charge in [0.1, 0.15) is 0 Å². The molecule has 0 atom stereocenters. The lowest BCUT2D eigenvalue weighted by atomic mass is 10.0. The van der Waals surface area contributed by atoms with Crippen LogP contribution < -0.4 is 0 Å². The van der Waals surface area contributed by atoms with Gasteiger partial charge in [0.05, 0.1) is 11.3 Å². The molecular formula is C20H16F2O4S. The maximum absolute atomic E-state index is 13.8. The summed E-state index contributed by atoms with van der Waals surface area (Å²) in [6.45, 7) is 1.70. The second kappa shape index (κ2) is 6.74. The molecule has 0 bridgehead atoms. The van der Waals surface area contributed by atoms with Crippen molar-refractivity contribution in [3.63, 3.8) is 0 Å². The van der Waals surface area contributed by atoms with Crippen molar-refractivity contribution in [2.75, 3.05) is 6.26 Å². The van der Waals surface area contributed by atoms with Crippen LogP contribution in [0.2, 0.25) is 0 Å². The van der Waals surface area contributed by atoms with Crippen LogP contribution in [0, 0.1) is 11.6 Å². The Morgan fingerprint density at radius 2 is 1.63 bits per heavy atom. The second-order valence-corrected chi connectivity index (χ2v) is 8.40. The van der Waals surface area contributed by atoms with Gasteiger partial charge in [-0.2, -0.15) is 0 Å². The van der Waals surface area contributed by atoms with Gasteiger partial charge in [0, 0.05) is 6.26 Å². The molecular weight excluding hydrogens is 374 g/mol. The van der Waals surface area contributed by atoms with E-state index in [-0.39, 0.29) is 11.3 Å². The average Bonchev–Trinajstić information content (AvgIpc) is 2.80. The van der Waals surface area contributed by atoms with Gasteiger partial charge < -0.3 is 5.11 Å². The van der Waals surface area contributed by atoms with E-state index in [2.05, 4.69) is 0 Å². The normalized spacial score (nSPS) is 15.3. The zero-order chi connectivity index (χ0) is 19.9. The van der Waals surface area contributed by atoms with E-state index in [1.807, 2.05) is 0 Å². The molecule has 7 heteroatoms. The zero-order valence-electron chi connectivity index (χ0n) is 14.6. The zero-order valence-corrected chi connectivity index (χ0v) is 15.4. The van der Waals surface area contributed by atoms with Gasteiger partial charge >= 0.3 is 5.97 Å². The highest BCUT2D eigenvalue weighted by Crippen LogP contribution is 2.44. The molecule has 4 nitrogen and oxygen atoms in total. The SMILES string of the molecule is CC1=C(CC(=O)O)c2cc(F)c(F)cc2/C1=C/c1ccc(S(C)(=O)=O)cc1. The summed E-state index contributed by atoms with van der Waals surface area (Å²) in [6, 6.07) is 8.19. The summed E-state index contributed by atoms with van der Waals surface area (Å²) in [5.74, 6) is -3.13. The van der Waals surface area contributed by atoms with Crippen LogP contribution in [0.3, 0.4) is 0 Å². The Balaban J connectivity index is 2.15. The maximum atomic E-state index is 13.8. The van der Waals surface area contributed by atoms with Crippen LogP contribution in [0.4, 0.5) is 8.78 Å². The number of carbonyl (C=O) groups is 1. The van der Waals surface area contributed by atoms with E-state index >= 15 is 0 Å². The highest BCUT2D eigenvalue weighted by atomic mass is 32.2. The molecule has 0 fully saturated rings. The highest BCUT2D eigenvalue weighted by molar-refractivity contribution is 7.90. The minimum absolute atomic E-state index is 0.170. The lowest BCUT2D eigenvalue weighted by molar-refractivity contribution is -0.135. The van der Waals surface area contributed by atoms with Gasteiger partial charge in [0.15, 0.2) is 21.5 Å². The highest BCUT2D eigenvalue weighted by Gasteiger charge is 2.27. The Labute approximate surface area is 155 Å². The lowest BCUT2D eigenvalue weighted by Crippen LogP contribution is -1.98. The molecule has 140 valence electrons. The van der Waals surface area contributed by atoms with E-state index in [1.54, 1.807) is 25.1 Å². The minimum Gasteiger partial charge on any atom is -0.481 e. The largest absolute Gasteiger partial charge is 0.481 e. The van der Waals surface area contributed by atoms with Crippen molar-refractivity contribution in [3.05, 3.63) is 70.3 Å². The van der Waals surface area contributed by atoms with Crippen LogP contribution in [0.15, 0.2) is 46.9 Å². The molecule has 0 saturated carbocycles. The van der Waals surface area contributed by atoms with Crippen molar-refractivity contribution < 1.29 is 27.1 Å². The summed E-state index contributed by atoms with van der Waals surface area (Å²) in [6.07, 6.45) is 2.50. The molecule has 3 rings (SSSR count). The third-order valence-electron chi connectivity index (χ3n) is 4.48. The van der Waals surface area contributed by atoms with Crippen LogP contribution in [-0.4, -0.2) is 25.7 Å². The number of benzene rings is 2. The second-order valence-electron chi connectivity index (χ2n) is 6.39. The van der Waals surface area contributed by atoms with E-state index in [1.165, 1.54) is 12.1 Å². The first-order valence-corrected chi connectivity index (χ1v) is 9.90. The van der Waals surface area contributed by atoms with Crippen molar-refractivity contribution >= 4 is 33.0 Å². The maximum Gasteiger partial charge on any atom is 0.307 e. The van der Waals surface area contributed by atoms with E-state index < -0.39 is 27.4 Å². The minimum atomic E-state index is -3.33. The van der Waals surface area contributed by atoms with Gasteiger partial charge in [0.25, 0.3) is 0 Å². The lowest BCUT2D eigenvalue weighted by Gasteiger charge is -2.06. The summed E-state index contributed by atoms with van der Waals surface area (Å²) in [7, 11) is -3.33. The van der Waals surface area contributed by atoms with E-state index in [9.17, 15) is 22.0 Å². The van der Waals surface area contributed by atoms with E-state index in [0.717, 1.165) is 18.4 Å². The fourth-order valence-corrected chi connectivity index (χ4v) is 3.76. The van der Waals surface area contributed by atoms with Crippen molar-refractivity contribution in [3.8, 4) is 0 Å². The predicted molar refractivity (Wildman–Crippen MR) is 98.6 cm³/mol. The number of halogens is 2. The molecule has 0 saturated heterocycles. The van der Waals surface area contributed by atoms with Crippen LogP contribution >= 0.6 is 0 Å². The van der Waals surface area contributed by atoms with E-state index in [0.29, 0.717) is 33.4 Å². The molecule has 2 aromatic carbocycles. The molecule has 1 aliphatic rings. The van der Waals surface area contributed by atoms with Crippen molar-refractivity contribution in [1.82, 2.24) is 0 Å². The van der Waals surface area contributed by atoms with Gasteiger partial charge in [0.2, 0.25) is 0 Å². The molecule has 0 heterocycles. The van der Waals surface area contributed by atoms with Crippen LogP contribution in [0.1, 0.15) is 30.0 Å². The van der Waals surface area contributed by atoms with Gasteiger partial charge in [-0.15, -0.1) is 0 Å². The van der Waals surface area contributed by atoms with Gasteiger partial charge in [-0.3, -0.25) is 4.79 Å². The monoisotopic (exact) mass is 390 g/mol. The summed E-state index contributed by atoms with van der Waals surface area (Å²) in [5, 5.41) is 9.15. The first-order chi connectivity index (χ1) is 12.6. The third kappa shape index (κ3) is 3.68. The van der Waals surface area contributed by atoms with Crippen molar-refractivity contribution in [2.24, 2.45) is 0 Å². The Hall–Kier alpha value is -2.80. The van der Waals surface area contributed by atoms with Gasteiger partial charge in [-0.1, -0.05) is 12.1 Å². The number of rotatable bonds is 4. The Morgan fingerprint density at radius 1 is 1.07 bits per heavy atom. The van der Waals surface area contributed by atoms with E-state index in [4.69, 9.17) is 5.11 Å². The molecule has 1 N–H and O–H groups in total. The Morgan fingerprint density at radius 3 is 2.15 bits per heavy atom. The number of sulfone groups is 1. The molecule has 0 radical (unpaired) electrons. The van der Waals surface area contributed by atoms with Gasteiger partial charge in [-0.25, -0.2) is 17.2 Å². The molecule has 0 aliphatic heterocycles. The summed E-state index contributed by atoms with van der Waals surface area (Å²) in [4.78, 5) is 11.4. The fourth-order valence-electron chi connectivity index (χ4n) is 3.13. The first-order valence-electron chi connectivity index (χ1n) is 8.01. The summed E-state index contributed by atoms with van der Waals surface area (Å²) in [5.41, 5.74) is 3.04. The number of allylic oxidation sites excluding steroid dienone is 2. The molecule has 0 aromatic heterocycles. The topological polar surface area (TPSA) is 71.4 Å². The predicted octanol–water partition coefficient (Wildman–Crippen LogP) is 4.17. The van der Waals surface area contributed by atoms with Crippen molar-refractivity contribution in [1.29, 1.82) is 0 Å². The summed E-state index contributed by atoms with van der Waals surface area (Å²) >= 11 is 0. The van der Waals surface area contributed by atoms with Crippen LogP contribution in [-0.2, 0) is 14.6 Å². The molecule has 0 unspecified atom stereocenters. The number of fused-ring (bicyclic) bond motifs is 1. The fraction of sp³-hybridized carbons (Fsp3) is 0.150. The number of aliphatic carboxylic acids is 1. The quantitative estimate of drug-likeness (QED) is 0.851. The number of carboxylic acid groups (broad SMARTS) is 1. The Bertz CT molecular complexity index is 1110. The first kappa shape index (κ1) is 19.0. The molecule has 1 aliphatic carbocycles. The number of hydrogen-bond donors (Lipinski definition) is 1. The molecule has 0 spiro atoms. The average molecular weight is 390 g/mol. The third-order valence-corrected chi connectivity index (χ3v) is 5.61.